The molecule has 0 saturated heterocycles. The average Bonchev–Trinajstić information content (AvgIpc) is 3.11. The molecule has 0 aliphatic heterocycles. The van der Waals surface area contributed by atoms with Crippen LogP contribution in [-0.2, 0) is 17.0 Å². The SMILES string of the molecule is Cc1nc2ccc(NC(=O)CCc3c(C)nc(SCc4ccccc4)[nH]c3=O)cc2s1. The number of nitrogens with one attached hydrogen (secondary N) is 2. The minimum absolute atomic E-state index is 0.137. The van der Waals surface area contributed by atoms with Gasteiger partial charge in [-0.1, -0.05) is 42.1 Å². The second-order valence-corrected chi connectivity index (χ2v) is 9.37. The van der Waals surface area contributed by atoms with Crippen LogP contribution in [0.5, 0.6) is 0 Å². The lowest BCUT2D eigenvalue weighted by atomic mass is 10.1. The lowest BCUT2D eigenvalue weighted by molar-refractivity contribution is -0.116. The monoisotopic (exact) mass is 450 g/mol. The van der Waals surface area contributed by atoms with Gasteiger partial charge in [0.1, 0.15) is 0 Å². The number of aromatic amines is 1. The highest BCUT2D eigenvalue weighted by Crippen LogP contribution is 2.25. The van der Waals surface area contributed by atoms with Gasteiger partial charge in [0.2, 0.25) is 5.91 Å². The van der Waals surface area contributed by atoms with Gasteiger partial charge >= 0.3 is 0 Å². The van der Waals surface area contributed by atoms with Crippen molar-refractivity contribution in [2.75, 3.05) is 5.32 Å². The first kappa shape index (κ1) is 21.3. The normalized spacial score (nSPS) is 11.0. The molecule has 31 heavy (non-hydrogen) atoms. The highest BCUT2D eigenvalue weighted by Gasteiger charge is 2.12. The van der Waals surface area contributed by atoms with E-state index in [1.54, 1.807) is 11.3 Å². The van der Waals surface area contributed by atoms with Crippen molar-refractivity contribution in [1.29, 1.82) is 0 Å². The van der Waals surface area contributed by atoms with Crippen molar-refractivity contribution in [3.05, 3.63) is 80.7 Å². The van der Waals surface area contributed by atoms with Crippen molar-refractivity contribution in [3.63, 3.8) is 0 Å². The number of benzene rings is 2. The number of thioether (sulfide) groups is 1. The Hall–Kier alpha value is -2.97. The van der Waals surface area contributed by atoms with Crippen molar-refractivity contribution in [2.45, 2.75) is 37.6 Å². The van der Waals surface area contributed by atoms with Gasteiger partial charge in [0.05, 0.1) is 15.2 Å². The van der Waals surface area contributed by atoms with Crippen LogP contribution in [0, 0.1) is 13.8 Å². The number of amides is 1. The minimum atomic E-state index is -0.183. The number of hydrogen-bond donors (Lipinski definition) is 2. The molecular weight excluding hydrogens is 428 g/mol. The molecule has 6 nitrogen and oxygen atoms in total. The van der Waals surface area contributed by atoms with Crippen LogP contribution >= 0.6 is 23.1 Å². The van der Waals surface area contributed by atoms with E-state index in [9.17, 15) is 9.59 Å². The summed E-state index contributed by atoms with van der Waals surface area (Å²) < 4.78 is 1.04. The Morgan fingerprint density at radius 2 is 1.94 bits per heavy atom. The Bertz CT molecular complexity index is 1280. The summed E-state index contributed by atoms with van der Waals surface area (Å²) in [5.74, 6) is 0.594. The maximum Gasteiger partial charge on any atom is 0.254 e. The number of carbonyl (C=O) groups excluding carboxylic acids is 1. The van der Waals surface area contributed by atoms with Crippen LogP contribution in [0.25, 0.3) is 10.2 Å². The summed E-state index contributed by atoms with van der Waals surface area (Å²) in [5.41, 5.74) is 3.86. The lowest BCUT2D eigenvalue weighted by Gasteiger charge is -2.08. The van der Waals surface area contributed by atoms with E-state index in [0.717, 1.165) is 26.7 Å². The fraction of sp³-hybridized carbons (Fsp3) is 0.217. The number of aryl methyl sites for hydroxylation is 2. The quantitative estimate of drug-likeness (QED) is 0.310. The number of fused-ring (bicyclic) bond motifs is 1. The molecule has 4 rings (SSSR count). The van der Waals surface area contributed by atoms with Gasteiger partial charge in [-0.05, 0) is 44.0 Å². The summed E-state index contributed by atoms with van der Waals surface area (Å²) in [7, 11) is 0. The summed E-state index contributed by atoms with van der Waals surface area (Å²) in [6.07, 6.45) is 0.549. The topological polar surface area (TPSA) is 87.7 Å². The fourth-order valence-corrected chi connectivity index (χ4v) is 4.98. The van der Waals surface area contributed by atoms with Crippen LogP contribution in [0.2, 0.25) is 0 Å². The molecule has 1 amide bonds. The molecule has 0 radical (unpaired) electrons. The molecule has 8 heteroatoms. The number of thiazole rings is 1. The second-order valence-electron chi connectivity index (χ2n) is 7.17. The van der Waals surface area contributed by atoms with Crippen molar-refractivity contribution in [3.8, 4) is 0 Å². The van der Waals surface area contributed by atoms with Crippen molar-refractivity contribution in [2.24, 2.45) is 0 Å². The third-order valence-corrected chi connectivity index (χ3v) is 6.68. The number of H-pyrrole nitrogens is 1. The Morgan fingerprint density at radius 1 is 1.13 bits per heavy atom. The van der Waals surface area contributed by atoms with Gasteiger partial charge in [0.15, 0.2) is 5.16 Å². The molecule has 0 aliphatic carbocycles. The molecule has 0 fully saturated rings. The summed E-state index contributed by atoms with van der Waals surface area (Å²) in [6.45, 7) is 3.78. The highest BCUT2D eigenvalue weighted by atomic mass is 32.2. The predicted molar refractivity (Wildman–Crippen MR) is 127 cm³/mol. The van der Waals surface area contributed by atoms with Gasteiger partial charge in [-0.25, -0.2) is 9.97 Å². The molecule has 2 aromatic carbocycles. The van der Waals surface area contributed by atoms with Gasteiger partial charge < -0.3 is 10.3 Å². The zero-order valence-corrected chi connectivity index (χ0v) is 18.9. The number of nitrogens with zero attached hydrogens (tertiary/aromatic N) is 2. The molecular formula is C23H22N4O2S2. The standard InChI is InChI=1S/C23H22N4O2S2/c1-14-18(22(29)27-23(24-14)30-13-16-6-4-3-5-7-16)9-11-21(28)26-17-8-10-19-20(12-17)31-15(2)25-19/h3-8,10,12H,9,11,13H2,1-2H3,(H,26,28)(H,24,27,29). The highest BCUT2D eigenvalue weighted by molar-refractivity contribution is 7.98. The molecule has 4 aromatic rings. The third kappa shape index (κ3) is 5.39. The summed E-state index contributed by atoms with van der Waals surface area (Å²) in [4.78, 5) is 36.7. The van der Waals surface area contributed by atoms with Crippen LogP contribution in [0.15, 0.2) is 58.5 Å². The van der Waals surface area contributed by atoms with E-state index in [1.165, 1.54) is 17.3 Å². The van der Waals surface area contributed by atoms with Crippen LogP contribution in [0.1, 0.15) is 28.2 Å². The summed E-state index contributed by atoms with van der Waals surface area (Å²) >= 11 is 3.08. The van der Waals surface area contributed by atoms with Crippen LogP contribution in [0.4, 0.5) is 5.69 Å². The molecule has 158 valence electrons. The molecule has 2 N–H and O–H groups in total. The second kappa shape index (κ2) is 9.45. The Balaban J connectivity index is 1.36. The van der Waals surface area contributed by atoms with E-state index >= 15 is 0 Å². The van der Waals surface area contributed by atoms with Crippen LogP contribution in [-0.4, -0.2) is 20.9 Å². The first-order valence-corrected chi connectivity index (χ1v) is 11.7. The number of hydrogen-bond acceptors (Lipinski definition) is 6. The van der Waals surface area contributed by atoms with Crippen LogP contribution < -0.4 is 10.9 Å². The van der Waals surface area contributed by atoms with Gasteiger partial charge in [0.25, 0.3) is 5.56 Å². The van der Waals surface area contributed by atoms with E-state index in [2.05, 4.69) is 20.3 Å². The predicted octanol–water partition coefficient (Wildman–Crippen LogP) is 4.86. The maximum atomic E-state index is 12.5. The van der Waals surface area contributed by atoms with E-state index in [1.807, 2.05) is 62.4 Å². The lowest BCUT2D eigenvalue weighted by Crippen LogP contribution is -2.20. The van der Waals surface area contributed by atoms with Gasteiger partial charge in [-0.15, -0.1) is 11.3 Å². The number of carbonyl (C=O) groups is 1. The Kier molecular flexibility index (Phi) is 6.48. The van der Waals surface area contributed by atoms with Crippen molar-refractivity contribution >= 4 is 44.9 Å². The summed E-state index contributed by atoms with van der Waals surface area (Å²) in [6, 6.07) is 15.7. The van der Waals surface area contributed by atoms with E-state index in [4.69, 9.17) is 0 Å². The first-order chi connectivity index (χ1) is 15.0. The van der Waals surface area contributed by atoms with Gasteiger partial charge in [0, 0.05) is 29.1 Å². The van der Waals surface area contributed by atoms with Gasteiger partial charge in [-0.3, -0.25) is 9.59 Å². The molecule has 2 heterocycles. The number of aromatic nitrogens is 3. The molecule has 0 saturated carbocycles. The maximum absolute atomic E-state index is 12.5. The van der Waals surface area contributed by atoms with E-state index in [-0.39, 0.29) is 17.9 Å². The molecule has 2 aromatic heterocycles. The zero-order valence-electron chi connectivity index (χ0n) is 17.3. The first-order valence-electron chi connectivity index (χ1n) is 9.91. The molecule has 0 unspecified atom stereocenters. The van der Waals surface area contributed by atoms with Crippen LogP contribution in [0.3, 0.4) is 0 Å². The van der Waals surface area contributed by atoms with Crippen molar-refractivity contribution in [1.82, 2.24) is 15.0 Å². The molecule has 0 atom stereocenters. The largest absolute Gasteiger partial charge is 0.326 e. The van der Waals surface area contributed by atoms with Crippen molar-refractivity contribution < 1.29 is 4.79 Å². The smallest absolute Gasteiger partial charge is 0.254 e. The average molecular weight is 451 g/mol. The Labute approximate surface area is 188 Å². The van der Waals surface area contributed by atoms with E-state index < -0.39 is 0 Å². The number of rotatable bonds is 7. The fourth-order valence-electron chi connectivity index (χ4n) is 3.25. The third-order valence-electron chi connectivity index (χ3n) is 4.80. The van der Waals surface area contributed by atoms with E-state index in [0.29, 0.717) is 22.8 Å². The number of anilines is 1. The molecule has 0 spiro atoms. The molecule has 0 aliphatic rings. The Morgan fingerprint density at radius 3 is 2.71 bits per heavy atom. The molecule has 0 bridgehead atoms. The summed E-state index contributed by atoms with van der Waals surface area (Å²) in [5, 5.41) is 4.49. The van der Waals surface area contributed by atoms with Gasteiger partial charge in [-0.2, -0.15) is 0 Å². The zero-order chi connectivity index (χ0) is 21.8. The minimum Gasteiger partial charge on any atom is -0.326 e.